The van der Waals surface area contributed by atoms with Crippen LogP contribution >= 0.6 is 0 Å². The van der Waals surface area contributed by atoms with Gasteiger partial charge in [0.1, 0.15) is 0 Å². The van der Waals surface area contributed by atoms with E-state index in [1.54, 1.807) is 0 Å². The maximum atomic E-state index is 3.53. The van der Waals surface area contributed by atoms with Crippen molar-refractivity contribution in [2.24, 2.45) is 5.41 Å². The predicted molar refractivity (Wildman–Crippen MR) is 60.1 cm³/mol. The Morgan fingerprint density at radius 1 is 1.23 bits per heavy atom. The Balaban J connectivity index is 3.46. The quantitative estimate of drug-likeness (QED) is 0.706. The van der Waals surface area contributed by atoms with E-state index in [-0.39, 0.29) is 0 Å². The van der Waals surface area contributed by atoms with Gasteiger partial charge in [-0.1, -0.05) is 20.8 Å². The van der Waals surface area contributed by atoms with Gasteiger partial charge in [-0.2, -0.15) is 0 Å². The first kappa shape index (κ1) is 12.9. The molecule has 0 aromatic rings. The lowest BCUT2D eigenvalue weighted by Crippen LogP contribution is -2.35. The van der Waals surface area contributed by atoms with Gasteiger partial charge in [-0.3, -0.25) is 0 Å². The van der Waals surface area contributed by atoms with Crippen LogP contribution in [0.4, 0.5) is 0 Å². The molecule has 1 atom stereocenters. The lowest BCUT2D eigenvalue weighted by Gasteiger charge is -2.24. The van der Waals surface area contributed by atoms with E-state index >= 15 is 0 Å². The van der Waals surface area contributed by atoms with Crippen LogP contribution < -0.4 is 5.32 Å². The lowest BCUT2D eigenvalue weighted by atomic mass is 9.89. The number of likely N-dealkylation sites (N-methyl/N-ethyl adjacent to an activating group) is 1. The van der Waals surface area contributed by atoms with E-state index in [9.17, 15) is 0 Å². The molecule has 13 heavy (non-hydrogen) atoms. The summed E-state index contributed by atoms with van der Waals surface area (Å²) in [6.07, 6.45) is 1.24. The summed E-state index contributed by atoms with van der Waals surface area (Å²) in [7, 11) is 4.21. The van der Waals surface area contributed by atoms with Gasteiger partial charge >= 0.3 is 0 Å². The van der Waals surface area contributed by atoms with Crippen LogP contribution in [0.15, 0.2) is 0 Å². The highest BCUT2D eigenvalue weighted by atomic mass is 15.1. The van der Waals surface area contributed by atoms with Gasteiger partial charge in [0, 0.05) is 19.1 Å². The van der Waals surface area contributed by atoms with Gasteiger partial charge in [0.25, 0.3) is 0 Å². The van der Waals surface area contributed by atoms with E-state index in [1.165, 1.54) is 6.42 Å². The van der Waals surface area contributed by atoms with Gasteiger partial charge in [0.15, 0.2) is 0 Å². The predicted octanol–water partition coefficient (Wildman–Crippen LogP) is 1.96. The molecule has 0 saturated heterocycles. The largest absolute Gasteiger partial charge is 0.313 e. The standard InChI is InChI=1S/C11H26N2/c1-10(9-11(2,3)4)12-7-8-13(5)6/h10,12H,7-9H2,1-6H3. The zero-order valence-corrected chi connectivity index (χ0v) is 10.1. The Bertz CT molecular complexity index is 125. The summed E-state index contributed by atoms with van der Waals surface area (Å²) in [5.41, 5.74) is 0.435. The van der Waals surface area contributed by atoms with Crippen molar-refractivity contribution in [1.29, 1.82) is 0 Å². The Kier molecular flexibility index (Phi) is 5.57. The molecule has 2 heteroatoms. The van der Waals surface area contributed by atoms with Crippen molar-refractivity contribution in [3.63, 3.8) is 0 Å². The fourth-order valence-corrected chi connectivity index (χ4v) is 1.53. The average Bonchev–Trinajstić information content (AvgIpc) is 1.81. The van der Waals surface area contributed by atoms with Crippen LogP contribution in [0.3, 0.4) is 0 Å². The van der Waals surface area contributed by atoms with Crippen molar-refractivity contribution in [2.45, 2.75) is 40.2 Å². The van der Waals surface area contributed by atoms with Gasteiger partial charge in [-0.05, 0) is 32.9 Å². The maximum absolute atomic E-state index is 3.53. The van der Waals surface area contributed by atoms with Gasteiger partial charge in [-0.15, -0.1) is 0 Å². The molecule has 1 unspecified atom stereocenters. The molecule has 2 nitrogen and oxygen atoms in total. The molecule has 1 N–H and O–H groups in total. The molecule has 0 saturated carbocycles. The number of nitrogens with zero attached hydrogens (tertiary/aromatic N) is 1. The summed E-state index contributed by atoms with van der Waals surface area (Å²) in [4.78, 5) is 2.21. The number of rotatable bonds is 5. The summed E-state index contributed by atoms with van der Waals surface area (Å²) in [6, 6.07) is 0.625. The molecular weight excluding hydrogens is 160 g/mol. The summed E-state index contributed by atoms with van der Waals surface area (Å²) in [6.45, 7) is 11.3. The van der Waals surface area contributed by atoms with E-state index in [1.807, 2.05) is 0 Å². The maximum Gasteiger partial charge on any atom is 0.0101 e. The SMILES string of the molecule is CC(CC(C)(C)C)NCCN(C)C. The molecule has 0 aliphatic carbocycles. The molecule has 80 valence electrons. The summed E-state index contributed by atoms with van der Waals surface area (Å²) in [5.74, 6) is 0. The molecule has 0 rings (SSSR count). The first-order valence-electron chi connectivity index (χ1n) is 5.19. The monoisotopic (exact) mass is 186 g/mol. The second-order valence-corrected chi connectivity index (χ2v) is 5.42. The van der Waals surface area contributed by atoms with Crippen LogP contribution in [0.2, 0.25) is 0 Å². The third-order valence-electron chi connectivity index (χ3n) is 1.97. The van der Waals surface area contributed by atoms with E-state index in [2.05, 4.69) is 52.0 Å². The smallest absolute Gasteiger partial charge is 0.0101 e. The molecule has 0 amide bonds. The second-order valence-electron chi connectivity index (χ2n) is 5.42. The van der Waals surface area contributed by atoms with Crippen molar-refractivity contribution in [3.8, 4) is 0 Å². The van der Waals surface area contributed by atoms with E-state index in [0.717, 1.165) is 13.1 Å². The first-order chi connectivity index (χ1) is 5.81. The molecular formula is C11H26N2. The van der Waals surface area contributed by atoms with Gasteiger partial charge in [-0.25, -0.2) is 0 Å². The van der Waals surface area contributed by atoms with Crippen molar-refractivity contribution in [1.82, 2.24) is 10.2 Å². The Hall–Kier alpha value is -0.0800. The molecule has 0 aliphatic rings. The van der Waals surface area contributed by atoms with Crippen LogP contribution in [0.5, 0.6) is 0 Å². The average molecular weight is 186 g/mol. The molecule has 0 aliphatic heterocycles. The minimum Gasteiger partial charge on any atom is -0.313 e. The third-order valence-corrected chi connectivity index (χ3v) is 1.97. The van der Waals surface area contributed by atoms with Crippen molar-refractivity contribution in [2.75, 3.05) is 27.2 Å². The Morgan fingerprint density at radius 2 is 1.77 bits per heavy atom. The first-order valence-corrected chi connectivity index (χ1v) is 5.19. The van der Waals surface area contributed by atoms with Gasteiger partial charge in [0.05, 0.1) is 0 Å². The lowest BCUT2D eigenvalue weighted by molar-refractivity contribution is 0.308. The van der Waals surface area contributed by atoms with E-state index in [0.29, 0.717) is 11.5 Å². The third kappa shape index (κ3) is 9.84. The van der Waals surface area contributed by atoms with Crippen LogP contribution in [-0.2, 0) is 0 Å². The van der Waals surface area contributed by atoms with Crippen molar-refractivity contribution in [3.05, 3.63) is 0 Å². The van der Waals surface area contributed by atoms with Crippen molar-refractivity contribution >= 4 is 0 Å². The van der Waals surface area contributed by atoms with Crippen LogP contribution in [-0.4, -0.2) is 38.1 Å². The van der Waals surface area contributed by atoms with Crippen LogP contribution in [0.25, 0.3) is 0 Å². The van der Waals surface area contributed by atoms with Gasteiger partial charge < -0.3 is 10.2 Å². The molecule has 0 aromatic carbocycles. The fourth-order valence-electron chi connectivity index (χ4n) is 1.53. The van der Waals surface area contributed by atoms with Crippen LogP contribution in [0.1, 0.15) is 34.1 Å². The van der Waals surface area contributed by atoms with E-state index < -0.39 is 0 Å². The summed E-state index contributed by atoms with van der Waals surface area (Å²) < 4.78 is 0. The summed E-state index contributed by atoms with van der Waals surface area (Å²) in [5, 5.41) is 3.53. The highest BCUT2D eigenvalue weighted by Gasteiger charge is 2.14. The van der Waals surface area contributed by atoms with Crippen LogP contribution in [0, 0.1) is 5.41 Å². The second kappa shape index (κ2) is 5.61. The molecule has 0 aromatic heterocycles. The highest BCUT2D eigenvalue weighted by molar-refractivity contribution is 4.70. The van der Waals surface area contributed by atoms with E-state index in [4.69, 9.17) is 0 Å². The Labute approximate surface area is 83.7 Å². The van der Waals surface area contributed by atoms with Crippen molar-refractivity contribution < 1.29 is 0 Å². The Morgan fingerprint density at radius 3 is 2.15 bits per heavy atom. The zero-order valence-electron chi connectivity index (χ0n) is 10.1. The highest BCUT2D eigenvalue weighted by Crippen LogP contribution is 2.20. The topological polar surface area (TPSA) is 15.3 Å². The molecule has 0 radical (unpaired) electrons. The zero-order chi connectivity index (χ0) is 10.5. The van der Waals surface area contributed by atoms with Gasteiger partial charge in [0.2, 0.25) is 0 Å². The molecule has 0 spiro atoms. The molecule has 0 heterocycles. The molecule has 0 bridgehead atoms. The number of hydrogen-bond donors (Lipinski definition) is 1. The number of hydrogen-bond acceptors (Lipinski definition) is 2. The molecule has 0 fully saturated rings. The fraction of sp³-hybridized carbons (Fsp3) is 1.00. The minimum atomic E-state index is 0.435. The summed E-state index contributed by atoms with van der Waals surface area (Å²) >= 11 is 0. The number of nitrogens with one attached hydrogen (secondary N) is 1. The minimum absolute atomic E-state index is 0.435. The normalized spacial score (nSPS) is 15.0.